The number of halogens is 1. The molecule has 22 heavy (non-hydrogen) atoms. The van der Waals surface area contributed by atoms with Crippen molar-refractivity contribution in [1.29, 1.82) is 0 Å². The molecule has 0 aromatic heterocycles. The van der Waals surface area contributed by atoms with Gasteiger partial charge in [-0.25, -0.2) is 0 Å². The molecule has 0 amide bonds. The van der Waals surface area contributed by atoms with E-state index in [9.17, 15) is 4.79 Å². The predicted molar refractivity (Wildman–Crippen MR) is 89.1 cm³/mol. The van der Waals surface area contributed by atoms with Crippen molar-refractivity contribution in [1.82, 2.24) is 0 Å². The zero-order valence-corrected chi connectivity index (χ0v) is 13.5. The summed E-state index contributed by atoms with van der Waals surface area (Å²) in [4.78, 5) is 12.1. The normalized spacial score (nSPS) is 10.7. The summed E-state index contributed by atoms with van der Waals surface area (Å²) in [6.07, 6.45) is 3.17. The highest BCUT2D eigenvalue weighted by Gasteiger charge is 2.08. The Hall–Kier alpha value is -2.26. The monoisotopic (exact) mass is 316 g/mol. The molecule has 2 aromatic rings. The van der Waals surface area contributed by atoms with Crippen molar-refractivity contribution >= 4 is 23.5 Å². The van der Waals surface area contributed by atoms with E-state index >= 15 is 0 Å². The Balaban J connectivity index is 2.26. The van der Waals surface area contributed by atoms with Gasteiger partial charge in [-0.05, 0) is 30.7 Å². The maximum absolute atomic E-state index is 12.1. The fraction of sp³-hybridized carbons (Fsp3) is 0.167. The van der Waals surface area contributed by atoms with Gasteiger partial charge in [-0.3, -0.25) is 4.79 Å². The van der Waals surface area contributed by atoms with E-state index in [1.807, 2.05) is 19.1 Å². The first-order chi connectivity index (χ1) is 10.5. The van der Waals surface area contributed by atoms with E-state index in [1.54, 1.807) is 44.6 Å². The van der Waals surface area contributed by atoms with Crippen molar-refractivity contribution < 1.29 is 14.3 Å². The van der Waals surface area contributed by atoms with E-state index in [0.29, 0.717) is 27.6 Å². The van der Waals surface area contributed by atoms with E-state index in [1.165, 1.54) is 6.08 Å². The van der Waals surface area contributed by atoms with Gasteiger partial charge in [0.2, 0.25) is 0 Å². The first kappa shape index (κ1) is 16.1. The second-order valence-corrected chi connectivity index (χ2v) is 5.20. The molecule has 0 saturated carbocycles. The summed E-state index contributed by atoms with van der Waals surface area (Å²) in [6, 6.07) is 10.8. The molecule has 0 N–H and O–H groups in total. The number of carbonyl (C=O) groups excluding carboxylic acids is 1. The van der Waals surface area contributed by atoms with Crippen LogP contribution in [0.3, 0.4) is 0 Å². The second kappa shape index (κ2) is 7.14. The van der Waals surface area contributed by atoms with E-state index in [-0.39, 0.29) is 5.78 Å². The number of rotatable bonds is 5. The molecule has 0 aliphatic rings. The van der Waals surface area contributed by atoms with Gasteiger partial charge in [0, 0.05) is 11.6 Å². The lowest BCUT2D eigenvalue weighted by Crippen LogP contribution is -1.94. The quantitative estimate of drug-likeness (QED) is 0.599. The molecule has 0 fully saturated rings. The van der Waals surface area contributed by atoms with Gasteiger partial charge < -0.3 is 9.47 Å². The topological polar surface area (TPSA) is 35.5 Å². The average Bonchev–Trinajstić information content (AvgIpc) is 2.53. The molecule has 0 unspecified atom stereocenters. The van der Waals surface area contributed by atoms with Crippen LogP contribution < -0.4 is 9.47 Å². The number of methoxy groups -OCH3 is 2. The highest BCUT2D eigenvalue weighted by molar-refractivity contribution is 6.32. The van der Waals surface area contributed by atoms with Gasteiger partial charge in [-0.1, -0.05) is 41.4 Å². The molecule has 0 spiro atoms. The molecule has 0 atom stereocenters. The van der Waals surface area contributed by atoms with Crippen molar-refractivity contribution in [3.63, 3.8) is 0 Å². The molecule has 0 aliphatic heterocycles. The van der Waals surface area contributed by atoms with Gasteiger partial charge in [0.05, 0.1) is 19.2 Å². The minimum Gasteiger partial charge on any atom is -0.493 e. The Bertz CT molecular complexity index is 703. The number of ether oxygens (including phenoxy) is 2. The number of ketones is 1. The zero-order valence-electron chi connectivity index (χ0n) is 12.7. The van der Waals surface area contributed by atoms with E-state index in [0.717, 1.165) is 5.56 Å². The van der Waals surface area contributed by atoms with Crippen molar-refractivity contribution in [2.75, 3.05) is 14.2 Å². The lowest BCUT2D eigenvalue weighted by molar-refractivity contribution is 0.104. The van der Waals surface area contributed by atoms with Gasteiger partial charge in [0.25, 0.3) is 0 Å². The SMILES string of the molecule is COc1cc(Cl)c(/C=C/C(=O)c2ccc(C)cc2)cc1OC. The third-order valence-electron chi connectivity index (χ3n) is 3.25. The first-order valence-electron chi connectivity index (χ1n) is 6.75. The molecular formula is C18H17ClO3. The summed E-state index contributed by atoms with van der Waals surface area (Å²) in [5, 5.41) is 0.491. The Morgan fingerprint density at radius 2 is 1.64 bits per heavy atom. The lowest BCUT2D eigenvalue weighted by Gasteiger charge is -2.09. The van der Waals surface area contributed by atoms with Crippen LogP contribution in [0.4, 0.5) is 0 Å². The average molecular weight is 317 g/mol. The molecule has 0 radical (unpaired) electrons. The van der Waals surface area contributed by atoms with Gasteiger partial charge in [-0.15, -0.1) is 0 Å². The fourth-order valence-corrected chi connectivity index (χ4v) is 2.19. The second-order valence-electron chi connectivity index (χ2n) is 4.79. The highest BCUT2D eigenvalue weighted by Crippen LogP contribution is 2.33. The lowest BCUT2D eigenvalue weighted by atomic mass is 10.1. The molecule has 0 saturated heterocycles. The summed E-state index contributed by atoms with van der Waals surface area (Å²) in [6.45, 7) is 1.98. The first-order valence-corrected chi connectivity index (χ1v) is 7.13. The molecule has 4 heteroatoms. The number of allylic oxidation sites excluding steroid dienone is 1. The van der Waals surface area contributed by atoms with Gasteiger partial charge >= 0.3 is 0 Å². The number of carbonyl (C=O) groups is 1. The van der Waals surface area contributed by atoms with Crippen LogP contribution in [0.25, 0.3) is 6.08 Å². The van der Waals surface area contributed by atoms with Crippen LogP contribution in [0, 0.1) is 6.92 Å². The van der Waals surface area contributed by atoms with Crippen LogP contribution in [-0.4, -0.2) is 20.0 Å². The molecule has 0 aliphatic carbocycles. The molecule has 0 heterocycles. The fourth-order valence-electron chi connectivity index (χ4n) is 1.98. The Labute approximate surface area is 135 Å². The standard InChI is InChI=1S/C18H17ClO3/c1-12-4-6-13(7-5-12)16(20)9-8-14-10-17(21-2)18(22-3)11-15(14)19/h4-11H,1-3H3/b9-8+. The zero-order chi connectivity index (χ0) is 16.1. The number of aryl methyl sites for hydroxylation is 1. The van der Waals surface area contributed by atoms with E-state index in [4.69, 9.17) is 21.1 Å². The number of benzene rings is 2. The Morgan fingerprint density at radius 1 is 1.05 bits per heavy atom. The van der Waals surface area contributed by atoms with Crippen LogP contribution in [-0.2, 0) is 0 Å². The largest absolute Gasteiger partial charge is 0.493 e. The molecule has 2 rings (SSSR count). The van der Waals surface area contributed by atoms with Crippen molar-refractivity contribution in [2.24, 2.45) is 0 Å². The smallest absolute Gasteiger partial charge is 0.185 e. The molecule has 114 valence electrons. The minimum absolute atomic E-state index is 0.0779. The summed E-state index contributed by atoms with van der Waals surface area (Å²) in [5.74, 6) is 1.04. The van der Waals surface area contributed by atoms with Crippen LogP contribution >= 0.6 is 11.6 Å². The summed E-state index contributed by atoms with van der Waals surface area (Å²) < 4.78 is 10.4. The Morgan fingerprint density at radius 3 is 2.23 bits per heavy atom. The Kier molecular flexibility index (Phi) is 5.23. The maximum Gasteiger partial charge on any atom is 0.185 e. The molecule has 0 bridgehead atoms. The third kappa shape index (κ3) is 3.68. The number of hydrogen-bond donors (Lipinski definition) is 0. The van der Waals surface area contributed by atoms with Crippen molar-refractivity contribution in [3.05, 3.63) is 64.2 Å². The predicted octanol–water partition coefficient (Wildman–Crippen LogP) is 4.56. The van der Waals surface area contributed by atoms with Crippen LogP contribution in [0.1, 0.15) is 21.5 Å². The summed E-state index contributed by atoms with van der Waals surface area (Å²) in [7, 11) is 3.10. The molecule has 2 aromatic carbocycles. The van der Waals surface area contributed by atoms with Crippen LogP contribution in [0.15, 0.2) is 42.5 Å². The maximum atomic E-state index is 12.1. The molecular weight excluding hydrogens is 300 g/mol. The minimum atomic E-state index is -0.0779. The van der Waals surface area contributed by atoms with Crippen molar-refractivity contribution in [2.45, 2.75) is 6.92 Å². The van der Waals surface area contributed by atoms with Crippen molar-refractivity contribution in [3.8, 4) is 11.5 Å². The van der Waals surface area contributed by atoms with Gasteiger partial charge in [0.1, 0.15) is 0 Å². The third-order valence-corrected chi connectivity index (χ3v) is 3.58. The van der Waals surface area contributed by atoms with Crippen LogP contribution in [0.5, 0.6) is 11.5 Å². The van der Waals surface area contributed by atoms with E-state index < -0.39 is 0 Å². The van der Waals surface area contributed by atoms with Crippen LogP contribution in [0.2, 0.25) is 5.02 Å². The highest BCUT2D eigenvalue weighted by atomic mass is 35.5. The molecule has 3 nitrogen and oxygen atoms in total. The summed E-state index contributed by atoms with van der Waals surface area (Å²) in [5.41, 5.74) is 2.45. The van der Waals surface area contributed by atoms with Gasteiger partial charge in [-0.2, -0.15) is 0 Å². The summed E-state index contributed by atoms with van der Waals surface area (Å²) >= 11 is 6.19. The van der Waals surface area contributed by atoms with Gasteiger partial charge in [0.15, 0.2) is 17.3 Å². The van der Waals surface area contributed by atoms with E-state index in [2.05, 4.69) is 0 Å². The number of hydrogen-bond acceptors (Lipinski definition) is 3.